The molecular weight excluding hydrogens is 883 g/mol. The van der Waals surface area contributed by atoms with E-state index in [1.54, 1.807) is 38.2 Å². The summed E-state index contributed by atoms with van der Waals surface area (Å²) in [6.45, 7) is 6.78. The molecular formula is C47H79NO19. The Kier molecular flexibility index (Phi) is 28.0. The summed E-state index contributed by atoms with van der Waals surface area (Å²) in [5.41, 5.74) is 6.02. The third kappa shape index (κ3) is 20.7. The molecule has 3 rings (SSSR count). The second-order valence-corrected chi connectivity index (χ2v) is 17.8. The molecule has 2 saturated heterocycles. The average molecular weight is 962 g/mol. The molecule has 3 heterocycles. The van der Waals surface area contributed by atoms with Crippen LogP contribution in [0, 0.1) is 17.8 Å². The van der Waals surface area contributed by atoms with Crippen LogP contribution in [0.4, 0.5) is 0 Å². The Morgan fingerprint density at radius 3 is 1.90 bits per heavy atom. The lowest BCUT2D eigenvalue weighted by Crippen LogP contribution is -2.61. The summed E-state index contributed by atoms with van der Waals surface area (Å²) in [7, 11) is 0. The maximum absolute atomic E-state index is 12.6. The van der Waals surface area contributed by atoms with Crippen molar-refractivity contribution in [2.24, 2.45) is 23.5 Å². The molecule has 67 heavy (non-hydrogen) atoms. The van der Waals surface area contributed by atoms with Gasteiger partial charge >= 0.3 is 11.9 Å². The van der Waals surface area contributed by atoms with Crippen LogP contribution in [0.3, 0.4) is 0 Å². The van der Waals surface area contributed by atoms with Gasteiger partial charge < -0.3 is 91.8 Å². The number of hydrogen-bond acceptors (Lipinski definition) is 17. The number of carboxylic acid groups (broad SMARTS) is 1. The van der Waals surface area contributed by atoms with Crippen molar-refractivity contribution < 1.29 is 95.7 Å². The lowest BCUT2D eigenvalue weighted by atomic mass is 9.82. The first-order valence-corrected chi connectivity index (χ1v) is 22.6. The number of hydrogen-bond donors (Lipinski definition) is 12. The predicted molar refractivity (Wildman–Crippen MR) is 244 cm³/mol. The number of rotatable bonds is 3. The lowest BCUT2D eigenvalue weighted by Gasteiger charge is -2.45. The number of esters is 1. The number of ether oxygens (including phenoxy) is 4. The van der Waals surface area contributed by atoms with Crippen molar-refractivity contribution in [1.29, 1.82) is 0 Å². The van der Waals surface area contributed by atoms with E-state index in [9.17, 15) is 65.8 Å². The number of aliphatic hydroxyl groups is 10. The van der Waals surface area contributed by atoms with E-state index in [-0.39, 0.29) is 49.0 Å². The first-order chi connectivity index (χ1) is 30.6. The van der Waals surface area contributed by atoms with Crippen molar-refractivity contribution >= 4 is 11.9 Å². The van der Waals surface area contributed by atoms with Gasteiger partial charge in [-0.1, -0.05) is 86.8 Å². The zero-order valence-electron chi connectivity index (χ0n) is 38.8. The number of fused-ring (bicyclic) bond motifs is 2. The summed E-state index contributed by atoms with van der Waals surface area (Å²) in [5, 5.41) is 118. The van der Waals surface area contributed by atoms with Gasteiger partial charge in [0.2, 0.25) is 0 Å². The average Bonchev–Trinajstić information content (AvgIpc) is 3.21. The Morgan fingerprint density at radius 1 is 0.687 bits per heavy atom. The third-order valence-corrected chi connectivity index (χ3v) is 12.2. The fraction of sp³-hybridized carbons (Fsp3) is 0.702. The van der Waals surface area contributed by atoms with E-state index < -0.39 is 141 Å². The van der Waals surface area contributed by atoms with Crippen LogP contribution in [0.1, 0.15) is 91.9 Å². The van der Waals surface area contributed by atoms with Gasteiger partial charge in [-0.3, -0.25) is 9.59 Å². The zero-order valence-corrected chi connectivity index (χ0v) is 38.8. The van der Waals surface area contributed by atoms with Crippen molar-refractivity contribution in [1.82, 2.24) is 0 Å². The minimum atomic E-state index is -2.35. The highest BCUT2D eigenvalue weighted by Crippen LogP contribution is 2.38. The molecule has 20 nitrogen and oxygen atoms in total. The van der Waals surface area contributed by atoms with Crippen molar-refractivity contribution in [3.05, 3.63) is 72.9 Å². The summed E-state index contributed by atoms with van der Waals surface area (Å²) in [5.74, 6) is -6.82. The molecule has 20 heteroatoms. The maximum atomic E-state index is 12.6. The summed E-state index contributed by atoms with van der Waals surface area (Å²) in [4.78, 5) is 25.1. The van der Waals surface area contributed by atoms with Crippen molar-refractivity contribution in [2.75, 3.05) is 0 Å². The highest BCUT2D eigenvalue weighted by Gasteiger charge is 2.51. The Balaban J connectivity index is 0.0000112. The predicted octanol–water partition coefficient (Wildman–Crippen LogP) is -0.714. The Morgan fingerprint density at radius 2 is 1.25 bits per heavy atom. The van der Waals surface area contributed by atoms with Gasteiger partial charge in [0.15, 0.2) is 12.1 Å². The minimum absolute atomic E-state index is 0. The van der Waals surface area contributed by atoms with Gasteiger partial charge in [0.05, 0.1) is 79.6 Å². The van der Waals surface area contributed by atoms with E-state index in [0.717, 1.165) is 12.8 Å². The molecule has 0 aromatic carbocycles. The molecule has 19 atom stereocenters. The van der Waals surface area contributed by atoms with Gasteiger partial charge in [-0.25, -0.2) is 0 Å². The molecule has 0 aromatic heterocycles. The number of carbonyl (C=O) groups is 2. The quantitative estimate of drug-likeness (QED) is 0.155. The van der Waals surface area contributed by atoms with Gasteiger partial charge in [-0.2, -0.15) is 0 Å². The molecule has 3 aliphatic heterocycles. The first-order valence-electron chi connectivity index (χ1n) is 22.6. The van der Waals surface area contributed by atoms with E-state index in [0.29, 0.717) is 0 Å². The van der Waals surface area contributed by atoms with Crippen LogP contribution >= 0.6 is 0 Å². The van der Waals surface area contributed by atoms with E-state index >= 15 is 0 Å². The minimum Gasteiger partial charge on any atom is -0.481 e. The van der Waals surface area contributed by atoms with Crippen molar-refractivity contribution in [3.63, 3.8) is 0 Å². The molecule has 2 bridgehead atoms. The lowest BCUT2D eigenvalue weighted by molar-refractivity contribution is -0.310. The van der Waals surface area contributed by atoms with Crippen molar-refractivity contribution in [3.8, 4) is 0 Å². The Bertz CT molecular complexity index is 1620. The Hall–Kier alpha value is -3.26. The summed E-state index contributed by atoms with van der Waals surface area (Å²) in [6, 6.07) is -1.14. The normalized spacial score (nSPS) is 43.4. The number of cyclic esters (lactones) is 1. The number of carboxylic acids is 1. The number of aliphatic carboxylic acids is 1. The zero-order chi connectivity index (χ0) is 48.4. The highest BCUT2D eigenvalue weighted by atomic mass is 16.7. The van der Waals surface area contributed by atoms with E-state index in [2.05, 4.69) is 0 Å². The number of allylic oxidation sites excluding steroid dienone is 10. The van der Waals surface area contributed by atoms with E-state index in [1.807, 2.05) is 49.5 Å². The monoisotopic (exact) mass is 962 g/mol. The summed E-state index contributed by atoms with van der Waals surface area (Å²) in [6.07, 6.45) is 2.28. The van der Waals surface area contributed by atoms with Crippen LogP contribution < -0.4 is 5.73 Å². The second kappa shape index (κ2) is 30.4. The molecule has 0 radical (unpaired) electrons. The van der Waals surface area contributed by atoms with E-state index in [4.69, 9.17) is 24.7 Å². The van der Waals surface area contributed by atoms with E-state index in [1.165, 1.54) is 13.0 Å². The molecule has 0 spiro atoms. The smallest absolute Gasteiger partial charge is 0.311 e. The van der Waals surface area contributed by atoms with Crippen molar-refractivity contribution in [2.45, 2.75) is 189 Å². The van der Waals surface area contributed by atoms with Gasteiger partial charge in [-0.05, 0) is 52.4 Å². The molecule has 0 amide bonds. The van der Waals surface area contributed by atoms with Crippen LogP contribution in [-0.4, -0.2) is 177 Å². The van der Waals surface area contributed by atoms with Crippen LogP contribution in [-0.2, 0) is 28.5 Å². The molecule has 0 saturated carbocycles. The highest BCUT2D eigenvalue weighted by molar-refractivity contribution is 5.71. The topological polar surface area (TPSA) is 383 Å². The standard InChI is InChI=1S/C47H75NO17.2H2O/c1-27-17-15-13-11-9-7-5-6-8-10-12-14-16-18-34(64-46-44(58)41(48)43(57)30(4)63-46)24-38-40(45(59)60)37(54)26-47(61,65-38)25-36(53)35(52)20-19-31(49)21-32(50)22-33(51)23-39(55)62-29(3)28(2)42(27)56;;/h5-6,8,10-18,27-38,40-44,46,49-54,56-58,61H,7,9,19-26,48H2,1-4H3,(H,59,60);2*1H2/b6-5+,10-8+,13-11+,14-12+,17-15+,18-16?;;/t27?,28?,29?,30-,31?,32?,33?,34?,35?,36?,37?,38?,40?,41+,42?,43-,44+,46+,47?;;/m1../s1. The molecule has 14 unspecified atom stereocenters. The fourth-order valence-electron chi connectivity index (χ4n) is 8.11. The maximum Gasteiger partial charge on any atom is 0.311 e. The van der Waals surface area contributed by atoms with Gasteiger partial charge in [0.1, 0.15) is 18.1 Å². The largest absolute Gasteiger partial charge is 0.481 e. The Labute approximate surface area is 392 Å². The van der Waals surface area contributed by atoms with Gasteiger partial charge in [-0.15, -0.1) is 0 Å². The molecule has 0 aliphatic carbocycles. The third-order valence-electron chi connectivity index (χ3n) is 12.2. The van der Waals surface area contributed by atoms with Crippen LogP contribution in [0.2, 0.25) is 0 Å². The molecule has 386 valence electrons. The van der Waals surface area contributed by atoms with Crippen LogP contribution in [0.25, 0.3) is 0 Å². The molecule has 3 aliphatic rings. The number of nitrogens with two attached hydrogens (primary N) is 1. The summed E-state index contributed by atoms with van der Waals surface area (Å²) < 4.78 is 23.2. The molecule has 0 aromatic rings. The molecule has 17 N–H and O–H groups in total. The number of carbonyl (C=O) groups excluding carboxylic acids is 1. The fourth-order valence-corrected chi connectivity index (χ4v) is 8.11. The SMILES string of the molecule is CC1/C=C/C=C/CC/C=C/C=C/C=C/C=CC(O[C@@H]2O[C@H](C)[C@@H](O)[C@H](N)[C@@H]2O)CC2OC(O)(CC(O)C(O)CCC(O)CC(O)CC(O)CC(=O)OC(C)C(C)C1O)CC(O)C2C(=O)O.O.O. The molecule has 2 fully saturated rings. The number of aliphatic hydroxyl groups excluding tert-OH is 9. The second-order valence-electron chi connectivity index (χ2n) is 17.8. The first kappa shape index (κ1) is 61.8. The summed E-state index contributed by atoms with van der Waals surface area (Å²) >= 11 is 0. The van der Waals surface area contributed by atoms with Gasteiger partial charge in [0.25, 0.3) is 0 Å². The van der Waals surface area contributed by atoms with Crippen LogP contribution in [0.15, 0.2) is 72.9 Å². The van der Waals surface area contributed by atoms with Gasteiger partial charge in [0, 0.05) is 31.1 Å². The van der Waals surface area contributed by atoms with Crippen LogP contribution in [0.5, 0.6) is 0 Å².